The monoisotopic (exact) mass is 297 g/mol. The molecule has 1 fully saturated rings. The van der Waals surface area contributed by atoms with Crippen LogP contribution in [0.2, 0.25) is 0 Å². The first-order valence-corrected chi connectivity index (χ1v) is 8.72. The number of ether oxygens (including phenoxy) is 1. The van der Waals surface area contributed by atoms with E-state index in [1.54, 1.807) is 31.4 Å². The van der Waals surface area contributed by atoms with E-state index < -0.39 is 9.84 Å². The van der Waals surface area contributed by atoms with Gasteiger partial charge in [-0.3, -0.25) is 0 Å². The molecule has 1 aromatic rings. The highest BCUT2D eigenvalue weighted by molar-refractivity contribution is 7.92. The first-order chi connectivity index (χ1) is 9.59. The molecule has 2 rings (SSSR count). The molecule has 0 heterocycles. The van der Waals surface area contributed by atoms with Gasteiger partial charge in [0.1, 0.15) is 5.75 Å². The molecular formula is C15H23NO3S. The lowest BCUT2D eigenvalue weighted by Crippen LogP contribution is -2.34. The first kappa shape index (κ1) is 15.3. The quantitative estimate of drug-likeness (QED) is 0.866. The molecule has 5 heteroatoms. The molecule has 4 nitrogen and oxygen atoms in total. The summed E-state index contributed by atoms with van der Waals surface area (Å²) in [6.07, 6.45) is 4.78. The maximum Gasteiger partial charge on any atom is 0.181 e. The zero-order valence-electron chi connectivity index (χ0n) is 11.9. The molecule has 2 atom stereocenters. The molecule has 0 saturated heterocycles. The van der Waals surface area contributed by atoms with Crippen molar-refractivity contribution in [3.63, 3.8) is 0 Å². The van der Waals surface area contributed by atoms with Gasteiger partial charge in [0.15, 0.2) is 9.84 Å². The van der Waals surface area contributed by atoms with E-state index in [0.29, 0.717) is 17.2 Å². The lowest BCUT2D eigenvalue weighted by molar-refractivity contribution is 0.414. The van der Waals surface area contributed by atoms with Crippen molar-refractivity contribution in [3.8, 4) is 5.75 Å². The van der Waals surface area contributed by atoms with Gasteiger partial charge in [0.05, 0.1) is 17.3 Å². The number of nitrogens with two attached hydrogens (primary N) is 1. The van der Waals surface area contributed by atoms with Crippen molar-refractivity contribution in [1.82, 2.24) is 0 Å². The van der Waals surface area contributed by atoms with Gasteiger partial charge in [-0.25, -0.2) is 8.42 Å². The summed E-state index contributed by atoms with van der Waals surface area (Å²) in [7, 11) is -1.74. The summed E-state index contributed by atoms with van der Waals surface area (Å²) in [5.74, 6) is 0.741. The van der Waals surface area contributed by atoms with Crippen molar-refractivity contribution >= 4 is 9.84 Å². The molecule has 0 spiro atoms. The number of hydrogen-bond donors (Lipinski definition) is 1. The molecule has 1 aliphatic rings. The molecule has 1 aromatic carbocycles. The van der Waals surface area contributed by atoms with Crippen molar-refractivity contribution in [3.05, 3.63) is 24.3 Å². The molecule has 1 aliphatic carbocycles. The fourth-order valence-electron chi connectivity index (χ4n) is 2.97. The van der Waals surface area contributed by atoms with Crippen molar-refractivity contribution in [2.24, 2.45) is 11.7 Å². The van der Waals surface area contributed by atoms with Gasteiger partial charge >= 0.3 is 0 Å². The predicted molar refractivity (Wildman–Crippen MR) is 79.6 cm³/mol. The van der Waals surface area contributed by atoms with Crippen molar-refractivity contribution < 1.29 is 13.2 Å². The van der Waals surface area contributed by atoms with E-state index in [1.807, 2.05) is 0 Å². The smallest absolute Gasteiger partial charge is 0.181 e. The Bertz CT molecular complexity index is 525. The second kappa shape index (κ2) is 6.59. The van der Waals surface area contributed by atoms with E-state index in [1.165, 1.54) is 0 Å². The molecule has 112 valence electrons. The zero-order valence-corrected chi connectivity index (χ0v) is 12.7. The van der Waals surface area contributed by atoms with Gasteiger partial charge in [-0.15, -0.1) is 0 Å². The second-order valence-corrected chi connectivity index (χ2v) is 7.56. The van der Waals surface area contributed by atoms with Crippen LogP contribution in [-0.2, 0) is 9.84 Å². The Kier molecular flexibility index (Phi) is 5.05. The molecule has 2 N–H and O–H groups in total. The van der Waals surface area contributed by atoms with Crippen LogP contribution < -0.4 is 10.5 Å². The van der Waals surface area contributed by atoms with E-state index >= 15 is 0 Å². The summed E-state index contributed by atoms with van der Waals surface area (Å²) < 4.78 is 30.7. The summed E-state index contributed by atoms with van der Waals surface area (Å²) in [5, 5.41) is -0.344. The van der Waals surface area contributed by atoms with E-state index in [2.05, 4.69) is 0 Å². The van der Waals surface area contributed by atoms with Gasteiger partial charge in [0.2, 0.25) is 0 Å². The Morgan fingerprint density at radius 2 is 1.80 bits per heavy atom. The minimum absolute atomic E-state index is 0.0737. The molecule has 0 amide bonds. The standard InChI is InChI=1S/C15H23NO3S/c1-19-13-7-9-14(10-8-13)20(17,18)15-6-4-2-3-5-12(15)11-16/h7-10,12,15H,2-6,11,16H2,1H3. The lowest BCUT2D eigenvalue weighted by atomic mass is 10.0. The van der Waals surface area contributed by atoms with Crippen LogP contribution in [0.15, 0.2) is 29.2 Å². The summed E-state index contributed by atoms with van der Waals surface area (Å²) in [6.45, 7) is 0.444. The molecule has 2 unspecified atom stereocenters. The molecule has 1 saturated carbocycles. The van der Waals surface area contributed by atoms with Crippen LogP contribution in [0.25, 0.3) is 0 Å². The summed E-state index contributed by atoms with van der Waals surface area (Å²) >= 11 is 0. The second-order valence-electron chi connectivity index (χ2n) is 5.39. The summed E-state index contributed by atoms with van der Waals surface area (Å²) in [6, 6.07) is 6.65. The van der Waals surface area contributed by atoms with E-state index in [0.717, 1.165) is 32.1 Å². The fraction of sp³-hybridized carbons (Fsp3) is 0.600. The summed E-state index contributed by atoms with van der Waals surface area (Å²) in [5.41, 5.74) is 5.80. The summed E-state index contributed by atoms with van der Waals surface area (Å²) in [4.78, 5) is 0.378. The van der Waals surface area contributed by atoms with Crippen LogP contribution in [0.1, 0.15) is 32.1 Å². The van der Waals surface area contributed by atoms with Crippen LogP contribution in [0.3, 0.4) is 0 Å². The van der Waals surface area contributed by atoms with Gasteiger partial charge < -0.3 is 10.5 Å². The Balaban J connectivity index is 2.30. The Morgan fingerprint density at radius 3 is 2.40 bits per heavy atom. The normalized spacial score (nSPS) is 24.1. The number of benzene rings is 1. The molecule has 0 aliphatic heterocycles. The maximum atomic E-state index is 12.8. The number of methoxy groups -OCH3 is 1. The van der Waals surface area contributed by atoms with E-state index in [9.17, 15) is 8.42 Å². The molecule has 0 aromatic heterocycles. The first-order valence-electron chi connectivity index (χ1n) is 7.17. The van der Waals surface area contributed by atoms with Crippen LogP contribution in [0, 0.1) is 5.92 Å². The highest BCUT2D eigenvalue weighted by Crippen LogP contribution is 2.32. The van der Waals surface area contributed by atoms with Crippen molar-refractivity contribution in [2.75, 3.05) is 13.7 Å². The highest BCUT2D eigenvalue weighted by atomic mass is 32.2. The lowest BCUT2D eigenvalue weighted by Gasteiger charge is -2.24. The van der Waals surface area contributed by atoms with Gasteiger partial charge in [0, 0.05) is 0 Å². The molecule has 0 radical (unpaired) electrons. The topological polar surface area (TPSA) is 69.4 Å². The van der Waals surface area contributed by atoms with E-state index in [-0.39, 0.29) is 11.2 Å². The number of sulfone groups is 1. The van der Waals surface area contributed by atoms with Crippen molar-refractivity contribution in [2.45, 2.75) is 42.2 Å². The fourth-order valence-corrected chi connectivity index (χ4v) is 5.06. The van der Waals surface area contributed by atoms with Gasteiger partial charge in [0.25, 0.3) is 0 Å². The Hall–Kier alpha value is -1.07. The predicted octanol–water partition coefficient (Wildman–Crippen LogP) is 2.38. The van der Waals surface area contributed by atoms with Crippen LogP contribution in [0.4, 0.5) is 0 Å². The van der Waals surface area contributed by atoms with Crippen LogP contribution >= 0.6 is 0 Å². The zero-order chi connectivity index (χ0) is 14.6. The average Bonchev–Trinajstić information content (AvgIpc) is 2.73. The Labute approximate surface area is 121 Å². The maximum absolute atomic E-state index is 12.8. The SMILES string of the molecule is COc1ccc(S(=O)(=O)C2CCCCCC2CN)cc1. The molecular weight excluding hydrogens is 274 g/mol. The number of hydrogen-bond acceptors (Lipinski definition) is 4. The van der Waals surface area contributed by atoms with Crippen LogP contribution in [0.5, 0.6) is 5.75 Å². The third-order valence-corrected chi connectivity index (χ3v) is 6.53. The molecule has 0 bridgehead atoms. The van der Waals surface area contributed by atoms with Gasteiger partial charge in [-0.1, -0.05) is 19.3 Å². The minimum atomic E-state index is -3.31. The van der Waals surface area contributed by atoms with Gasteiger partial charge in [-0.2, -0.15) is 0 Å². The van der Waals surface area contributed by atoms with Crippen molar-refractivity contribution in [1.29, 1.82) is 0 Å². The van der Waals surface area contributed by atoms with Crippen LogP contribution in [-0.4, -0.2) is 27.3 Å². The van der Waals surface area contributed by atoms with E-state index in [4.69, 9.17) is 10.5 Å². The molecule has 20 heavy (non-hydrogen) atoms. The largest absolute Gasteiger partial charge is 0.497 e. The third kappa shape index (κ3) is 3.15. The minimum Gasteiger partial charge on any atom is -0.497 e. The average molecular weight is 297 g/mol. The highest BCUT2D eigenvalue weighted by Gasteiger charge is 2.34. The third-order valence-electron chi connectivity index (χ3n) is 4.18. The van der Waals surface area contributed by atoms with Gasteiger partial charge in [-0.05, 0) is 49.6 Å². The Morgan fingerprint density at radius 1 is 1.15 bits per heavy atom. The number of rotatable bonds is 4.